The Bertz CT molecular complexity index is 460. The van der Waals surface area contributed by atoms with Gasteiger partial charge in [0.05, 0.1) is 19.4 Å². The van der Waals surface area contributed by atoms with E-state index in [2.05, 4.69) is 10.0 Å². The molecule has 6 nitrogen and oxygen atoms in total. The van der Waals surface area contributed by atoms with Gasteiger partial charge in [0.1, 0.15) is 11.8 Å². The molecule has 0 spiro atoms. The lowest BCUT2D eigenvalue weighted by Crippen LogP contribution is -2.45. The number of carbonyl (C=O) groups excluding carboxylic acids is 2. The number of ether oxygens (including phenoxy) is 1. The van der Waals surface area contributed by atoms with Crippen molar-refractivity contribution in [2.75, 3.05) is 13.2 Å². The number of amides is 1. The summed E-state index contributed by atoms with van der Waals surface area (Å²) in [4.78, 5) is 23.8. The van der Waals surface area contributed by atoms with Crippen LogP contribution in [0.15, 0.2) is 22.8 Å². The molecule has 1 fully saturated rings. The lowest BCUT2D eigenvalue weighted by Gasteiger charge is -2.16. The second-order valence-electron chi connectivity index (χ2n) is 4.79. The largest absolute Gasteiger partial charge is 0.469 e. The monoisotopic (exact) mass is 312 g/mol. The van der Waals surface area contributed by atoms with Crippen LogP contribution in [0.4, 0.5) is 0 Å². The molecule has 1 aliphatic carbocycles. The first-order valence-electron chi connectivity index (χ1n) is 7.06. The van der Waals surface area contributed by atoms with Crippen molar-refractivity contribution in [2.24, 2.45) is 0 Å². The average Bonchev–Trinajstić information content (AvgIpc) is 3.13. The van der Waals surface area contributed by atoms with Crippen molar-refractivity contribution in [3.8, 4) is 0 Å². The van der Waals surface area contributed by atoms with Gasteiger partial charge >= 0.3 is 5.97 Å². The summed E-state index contributed by atoms with van der Waals surface area (Å²) in [5.41, 5.74) is 0. The molecule has 21 heavy (non-hydrogen) atoms. The van der Waals surface area contributed by atoms with Gasteiger partial charge in [0.2, 0.25) is 5.91 Å². The molecule has 1 atom stereocenters. The van der Waals surface area contributed by atoms with E-state index in [-0.39, 0.29) is 25.5 Å². The van der Waals surface area contributed by atoms with E-state index in [0.717, 1.165) is 0 Å². The van der Waals surface area contributed by atoms with Gasteiger partial charge in [-0.15, -0.1) is 0 Å². The fourth-order valence-electron chi connectivity index (χ4n) is 1.72. The third-order valence-corrected chi connectivity index (χ3v) is 4.01. The molecular weight excluding hydrogens is 292 g/mol. The van der Waals surface area contributed by atoms with E-state index in [9.17, 15) is 9.59 Å². The predicted molar refractivity (Wildman–Crippen MR) is 79.6 cm³/mol. The van der Waals surface area contributed by atoms with Crippen molar-refractivity contribution in [1.29, 1.82) is 0 Å². The van der Waals surface area contributed by atoms with E-state index in [1.807, 2.05) is 0 Å². The molecule has 1 aromatic rings. The highest BCUT2D eigenvalue weighted by atomic mass is 32.2. The van der Waals surface area contributed by atoms with Gasteiger partial charge in [-0.3, -0.25) is 9.52 Å². The SMILES string of the molecule is CCOC(=O)C(Cc1ccco1)NC(=O)CNSC1CC1. The Morgan fingerprint density at radius 3 is 2.95 bits per heavy atom. The van der Waals surface area contributed by atoms with E-state index in [0.29, 0.717) is 11.0 Å². The van der Waals surface area contributed by atoms with Crippen LogP contribution in [0.3, 0.4) is 0 Å². The molecule has 1 unspecified atom stereocenters. The Balaban J connectivity index is 1.81. The molecule has 0 saturated heterocycles. The smallest absolute Gasteiger partial charge is 0.329 e. The van der Waals surface area contributed by atoms with Crippen LogP contribution in [-0.2, 0) is 20.7 Å². The Morgan fingerprint density at radius 2 is 2.33 bits per heavy atom. The molecule has 0 radical (unpaired) electrons. The molecule has 0 aromatic carbocycles. The Morgan fingerprint density at radius 1 is 1.52 bits per heavy atom. The Labute approximate surface area is 128 Å². The molecule has 2 N–H and O–H groups in total. The minimum atomic E-state index is -0.726. The maximum absolute atomic E-state index is 11.9. The Hall–Kier alpha value is -1.47. The number of rotatable bonds is 9. The van der Waals surface area contributed by atoms with Gasteiger partial charge < -0.3 is 14.5 Å². The highest BCUT2D eigenvalue weighted by Gasteiger charge is 2.25. The first-order valence-corrected chi connectivity index (χ1v) is 7.94. The first-order chi connectivity index (χ1) is 10.2. The summed E-state index contributed by atoms with van der Waals surface area (Å²) < 4.78 is 13.2. The zero-order valence-corrected chi connectivity index (χ0v) is 12.8. The molecule has 0 aliphatic heterocycles. The number of carbonyl (C=O) groups is 2. The normalized spacial score (nSPS) is 15.5. The van der Waals surface area contributed by atoms with Crippen LogP contribution in [0.2, 0.25) is 0 Å². The number of hydrogen-bond donors (Lipinski definition) is 2. The number of esters is 1. The summed E-state index contributed by atoms with van der Waals surface area (Å²) in [5.74, 6) is -0.0430. The summed E-state index contributed by atoms with van der Waals surface area (Å²) in [7, 11) is 0. The topological polar surface area (TPSA) is 80.6 Å². The van der Waals surface area contributed by atoms with Gasteiger partial charge in [-0.25, -0.2) is 4.79 Å². The van der Waals surface area contributed by atoms with E-state index in [1.165, 1.54) is 19.1 Å². The number of furan rings is 1. The summed E-state index contributed by atoms with van der Waals surface area (Å²) in [6.07, 6.45) is 4.22. The minimum absolute atomic E-state index is 0.176. The molecule has 116 valence electrons. The molecule has 1 aliphatic rings. The molecule has 0 bridgehead atoms. The number of hydrogen-bond acceptors (Lipinski definition) is 6. The standard InChI is InChI=1S/C14H20N2O4S/c1-2-19-14(18)12(8-10-4-3-7-20-10)16-13(17)9-15-21-11-5-6-11/h3-4,7,11-12,15H,2,5-6,8-9H2,1H3,(H,16,17). The second-order valence-corrected chi connectivity index (χ2v) is 5.99. The van der Waals surface area contributed by atoms with Gasteiger partial charge in [0.25, 0.3) is 0 Å². The summed E-state index contributed by atoms with van der Waals surface area (Å²) in [6.45, 7) is 2.19. The number of nitrogens with one attached hydrogen (secondary N) is 2. The van der Waals surface area contributed by atoms with Gasteiger partial charge in [-0.2, -0.15) is 0 Å². The van der Waals surface area contributed by atoms with E-state index in [4.69, 9.17) is 9.15 Å². The zero-order chi connectivity index (χ0) is 15.1. The molecule has 7 heteroatoms. The Kier molecular flexibility index (Phi) is 6.13. The lowest BCUT2D eigenvalue weighted by molar-refractivity contribution is -0.147. The molecule has 1 amide bonds. The van der Waals surface area contributed by atoms with Gasteiger partial charge in [-0.1, -0.05) is 11.9 Å². The van der Waals surface area contributed by atoms with Crippen molar-refractivity contribution in [1.82, 2.24) is 10.0 Å². The van der Waals surface area contributed by atoms with Crippen molar-refractivity contribution in [3.05, 3.63) is 24.2 Å². The summed E-state index contributed by atoms with van der Waals surface area (Å²) in [6, 6.07) is 2.78. The van der Waals surface area contributed by atoms with Crippen molar-refractivity contribution in [3.63, 3.8) is 0 Å². The van der Waals surface area contributed by atoms with Crippen LogP contribution in [0.25, 0.3) is 0 Å². The van der Waals surface area contributed by atoms with E-state index in [1.54, 1.807) is 31.0 Å². The van der Waals surface area contributed by atoms with Crippen molar-refractivity contribution < 1.29 is 18.7 Å². The van der Waals surface area contributed by atoms with E-state index >= 15 is 0 Å². The highest BCUT2D eigenvalue weighted by Crippen LogP contribution is 2.31. The van der Waals surface area contributed by atoms with Gasteiger partial charge in [0, 0.05) is 11.7 Å². The summed E-state index contributed by atoms with van der Waals surface area (Å²) in [5, 5.41) is 3.31. The van der Waals surface area contributed by atoms with Gasteiger partial charge in [0.15, 0.2) is 0 Å². The van der Waals surface area contributed by atoms with Crippen LogP contribution >= 0.6 is 11.9 Å². The fourth-order valence-corrected chi connectivity index (χ4v) is 2.54. The van der Waals surface area contributed by atoms with Crippen LogP contribution in [0.1, 0.15) is 25.5 Å². The molecular formula is C14H20N2O4S. The maximum atomic E-state index is 11.9. The van der Waals surface area contributed by atoms with Crippen LogP contribution in [-0.4, -0.2) is 36.3 Å². The van der Waals surface area contributed by atoms with Crippen molar-refractivity contribution >= 4 is 23.8 Å². The summed E-state index contributed by atoms with van der Waals surface area (Å²) >= 11 is 1.58. The third kappa shape index (κ3) is 5.81. The average molecular weight is 312 g/mol. The lowest BCUT2D eigenvalue weighted by atomic mass is 10.1. The molecule has 1 aromatic heterocycles. The third-order valence-electron chi connectivity index (χ3n) is 2.90. The zero-order valence-electron chi connectivity index (χ0n) is 12.0. The van der Waals surface area contributed by atoms with Crippen LogP contribution in [0.5, 0.6) is 0 Å². The quantitative estimate of drug-likeness (QED) is 0.528. The van der Waals surface area contributed by atoms with Gasteiger partial charge in [-0.05, 0) is 31.9 Å². The predicted octanol–water partition coefficient (Wildman–Crippen LogP) is 1.27. The fraction of sp³-hybridized carbons (Fsp3) is 0.571. The van der Waals surface area contributed by atoms with Crippen LogP contribution < -0.4 is 10.0 Å². The minimum Gasteiger partial charge on any atom is -0.469 e. The first kappa shape index (κ1) is 15.9. The molecule has 2 rings (SSSR count). The molecule has 1 heterocycles. The maximum Gasteiger partial charge on any atom is 0.329 e. The highest BCUT2D eigenvalue weighted by molar-refractivity contribution is 7.98. The second kappa shape index (κ2) is 8.09. The molecule has 1 saturated carbocycles. The van der Waals surface area contributed by atoms with E-state index < -0.39 is 12.0 Å². The van der Waals surface area contributed by atoms with Crippen molar-refractivity contribution in [2.45, 2.75) is 37.5 Å². The van der Waals surface area contributed by atoms with Crippen LogP contribution in [0, 0.1) is 0 Å².